The molecule has 0 saturated carbocycles. The number of hydrogen-bond acceptors (Lipinski definition) is 3. The van der Waals surface area contributed by atoms with Crippen LogP contribution in [0.1, 0.15) is 11.1 Å². The molecule has 0 amide bonds. The van der Waals surface area contributed by atoms with Crippen LogP contribution in [0.3, 0.4) is 0 Å². The van der Waals surface area contributed by atoms with Crippen molar-refractivity contribution in [2.45, 2.75) is 6.42 Å². The van der Waals surface area contributed by atoms with Gasteiger partial charge < -0.3 is 14.2 Å². The third-order valence-electron chi connectivity index (χ3n) is 3.22. The van der Waals surface area contributed by atoms with Crippen LogP contribution in [0.15, 0.2) is 48.5 Å². The third-order valence-corrected chi connectivity index (χ3v) is 3.22. The van der Waals surface area contributed by atoms with Crippen LogP contribution in [-0.4, -0.2) is 13.9 Å². The molecule has 1 aliphatic rings. The van der Waals surface area contributed by atoms with Gasteiger partial charge in [0.15, 0.2) is 11.5 Å². The summed E-state index contributed by atoms with van der Waals surface area (Å²) in [5.74, 6) is 2.36. The zero-order valence-corrected chi connectivity index (χ0v) is 11.3. The molecule has 0 bridgehead atoms. The van der Waals surface area contributed by atoms with Crippen molar-refractivity contribution in [2.75, 3.05) is 13.9 Å². The van der Waals surface area contributed by atoms with Crippen LogP contribution in [0.5, 0.6) is 17.2 Å². The Balaban J connectivity index is 1.79. The van der Waals surface area contributed by atoms with Gasteiger partial charge in [-0.05, 0) is 18.1 Å². The lowest BCUT2D eigenvalue weighted by molar-refractivity contribution is 0.174. The van der Waals surface area contributed by atoms with Crippen LogP contribution in [0.2, 0.25) is 0 Å². The van der Waals surface area contributed by atoms with Crippen molar-refractivity contribution >= 4 is 6.08 Å². The molecule has 0 aliphatic carbocycles. The number of methoxy groups -OCH3 is 1. The fourth-order valence-corrected chi connectivity index (χ4v) is 2.20. The summed E-state index contributed by atoms with van der Waals surface area (Å²) in [6.07, 6.45) is 5.01. The lowest BCUT2D eigenvalue weighted by Crippen LogP contribution is -1.92. The van der Waals surface area contributed by atoms with Gasteiger partial charge in [-0.3, -0.25) is 0 Å². The smallest absolute Gasteiger partial charge is 0.231 e. The van der Waals surface area contributed by atoms with Crippen molar-refractivity contribution in [3.63, 3.8) is 0 Å². The molecule has 0 aromatic heterocycles. The van der Waals surface area contributed by atoms with E-state index in [1.807, 2.05) is 30.3 Å². The molecule has 0 N–H and O–H groups in total. The summed E-state index contributed by atoms with van der Waals surface area (Å²) < 4.78 is 16.2. The van der Waals surface area contributed by atoms with E-state index in [0.717, 1.165) is 29.2 Å². The Bertz CT molecular complexity index is 618. The van der Waals surface area contributed by atoms with Crippen LogP contribution < -0.4 is 14.2 Å². The predicted octanol–water partition coefficient (Wildman–Crippen LogP) is 3.68. The highest BCUT2D eigenvalue weighted by molar-refractivity contribution is 5.54. The lowest BCUT2D eigenvalue weighted by atomic mass is 10.1. The molecule has 2 aromatic rings. The molecule has 2 aromatic carbocycles. The molecule has 1 aliphatic heterocycles. The van der Waals surface area contributed by atoms with E-state index in [0.29, 0.717) is 0 Å². The van der Waals surface area contributed by atoms with Gasteiger partial charge in [0.25, 0.3) is 0 Å². The summed E-state index contributed by atoms with van der Waals surface area (Å²) in [5, 5.41) is 0. The van der Waals surface area contributed by atoms with Gasteiger partial charge in [0, 0.05) is 11.6 Å². The molecule has 20 heavy (non-hydrogen) atoms. The second-order valence-corrected chi connectivity index (χ2v) is 4.53. The summed E-state index contributed by atoms with van der Waals surface area (Å²) >= 11 is 0. The molecule has 3 heteroatoms. The molecule has 0 spiro atoms. The topological polar surface area (TPSA) is 27.7 Å². The van der Waals surface area contributed by atoms with Crippen LogP contribution in [0.4, 0.5) is 0 Å². The van der Waals surface area contributed by atoms with Crippen molar-refractivity contribution in [2.24, 2.45) is 0 Å². The van der Waals surface area contributed by atoms with Crippen molar-refractivity contribution in [1.82, 2.24) is 0 Å². The van der Waals surface area contributed by atoms with Crippen molar-refractivity contribution < 1.29 is 14.2 Å². The Morgan fingerprint density at radius 2 is 1.85 bits per heavy atom. The quantitative estimate of drug-likeness (QED) is 0.846. The fourth-order valence-electron chi connectivity index (χ4n) is 2.20. The minimum absolute atomic E-state index is 0.280. The van der Waals surface area contributed by atoms with Gasteiger partial charge in [0.05, 0.1) is 7.11 Å². The largest absolute Gasteiger partial charge is 0.496 e. The monoisotopic (exact) mass is 268 g/mol. The summed E-state index contributed by atoms with van der Waals surface area (Å²) in [7, 11) is 1.67. The second-order valence-electron chi connectivity index (χ2n) is 4.53. The second kappa shape index (κ2) is 5.70. The SMILES string of the molecule is COc1cc2c(cc1CC=Cc1ccccc1)OCO2. The maximum Gasteiger partial charge on any atom is 0.231 e. The normalized spacial score (nSPS) is 12.8. The van der Waals surface area contributed by atoms with Crippen LogP contribution >= 0.6 is 0 Å². The highest BCUT2D eigenvalue weighted by Crippen LogP contribution is 2.38. The van der Waals surface area contributed by atoms with E-state index in [1.54, 1.807) is 7.11 Å². The van der Waals surface area contributed by atoms with Gasteiger partial charge in [-0.25, -0.2) is 0 Å². The summed E-state index contributed by atoms with van der Waals surface area (Å²) in [5.41, 5.74) is 2.27. The maximum absolute atomic E-state index is 5.40. The molecule has 0 radical (unpaired) electrons. The first kappa shape index (κ1) is 12.6. The Hall–Kier alpha value is -2.42. The Kier molecular flexibility index (Phi) is 3.59. The van der Waals surface area contributed by atoms with E-state index >= 15 is 0 Å². The van der Waals surface area contributed by atoms with E-state index in [-0.39, 0.29) is 6.79 Å². The van der Waals surface area contributed by atoms with E-state index in [4.69, 9.17) is 14.2 Å². The molecule has 3 nitrogen and oxygen atoms in total. The molecular formula is C17H16O3. The van der Waals surface area contributed by atoms with Gasteiger partial charge in [0.1, 0.15) is 5.75 Å². The number of fused-ring (bicyclic) bond motifs is 1. The summed E-state index contributed by atoms with van der Waals surface area (Å²) in [6.45, 7) is 0.280. The van der Waals surface area contributed by atoms with Crippen LogP contribution in [0, 0.1) is 0 Å². The van der Waals surface area contributed by atoms with Crippen LogP contribution in [-0.2, 0) is 6.42 Å². The van der Waals surface area contributed by atoms with E-state index in [1.165, 1.54) is 5.56 Å². The van der Waals surface area contributed by atoms with E-state index in [9.17, 15) is 0 Å². The van der Waals surface area contributed by atoms with Gasteiger partial charge in [-0.2, -0.15) is 0 Å². The molecule has 0 unspecified atom stereocenters. The predicted molar refractivity (Wildman–Crippen MR) is 78.3 cm³/mol. The van der Waals surface area contributed by atoms with E-state index < -0.39 is 0 Å². The Morgan fingerprint density at radius 3 is 2.60 bits per heavy atom. The molecule has 1 heterocycles. The standard InChI is InChI=1S/C17H16O3/c1-18-15-11-17-16(19-12-20-17)10-14(15)9-5-8-13-6-3-2-4-7-13/h2-8,10-11H,9,12H2,1H3. The number of hydrogen-bond donors (Lipinski definition) is 0. The van der Waals surface area contributed by atoms with Crippen molar-refractivity contribution in [3.8, 4) is 17.2 Å². The average Bonchev–Trinajstić information content (AvgIpc) is 2.94. The minimum atomic E-state index is 0.280. The first-order valence-electron chi connectivity index (χ1n) is 6.55. The molecule has 0 atom stereocenters. The molecule has 3 rings (SSSR count). The molecule has 0 fully saturated rings. The number of allylic oxidation sites excluding steroid dienone is 1. The highest BCUT2D eigenvalue weighted by atomic mass is 16.7. The van der Waals surface area contributed by atoms with Gasteiger partial charge in [-0.15, -0.1) is 0 Å². The zero-order chi connectivity index (χ0) is 13.8. The summed E-state index contributed by atoms with van der Waals surface area (Å²) in [4.78, 5) is 0. The Morgan fingerprint density at radius 1 is 1.10 bits per heavy atom. The maximum atomic E-state index is 5.40. The van der Waals surface area contributed by atoms with Crippen LogP contribution in [0.25, 0.3) is 6.08 Å². The van der Waals surface area contributed by atoms with Crippen molar-refractivity contribution in [3.05, 3.63) is 59.7 Å². The highest BCUT2D eigenvalue weighted by Gasteiger charge is 2.16. The zero-order valence-electron chi connectivity index (χ0n) is 11.3. The minimum Gasteiger partial charge on any atom is -0.496 e. The number of benzene rings is 2. The fraction of sp³-hybridized carbons (Fsp3) is 0.176. The molecule has 0 saturated heterocycles. The first-order chi connectivity index (χ1) is 9.86. The lowest BCUT2D eigenvalue weighted by Gasteiger charge is -2.08. The Labute approximate surface area is 118 Å². The first-order valence-corrected chi connectivity index (χ1v) is 6.55. The summed E-state index contributed by atoms with van der Waals surface area (Å²) in [6, 6.07) is 14.1. The van der Waals surface area contributed by atoms with Gasteiger partial charge in [-0.1, -0.05) is 42.5 Å². The number of ether oxygens (including phenoxy) is 3. The van der Waals surface area contributed by atoms with Gasteiger partial charge >= 0.3 is 0 Å². The number of rotatable bonds is 4. The van der Waals surface area contributed by atoms with Crippen molar-refractivity contribution in [1.29, 1.82) is 0 Å². The third kappa shape index (κ3) is 2.62. The molecular weight excluding hydrogens is 252 g/mol. The molecule has 102 valence electrons. The van der Waals surface area contributed by atoms with E-state index in [2.05, 4.69) is 24.3 Å². The average molecular weight is 268 g/mol. The van der Waals surface area contributed by atoms with Gasteiger partial charge in [0.2, 0.25) is 6.79 Å².